The molecular formula is C17H15ClFNO4. The van der Waals surface area contributed by atoms with Gasteiger partial charge in [0, 0.05) is 5.69 Å². The lowest BCUT2D eigenvalue weighted by Crippen LogP contribution is -2.30. The highest BCUT2D eigenvalue weighted by Gasteiger charge is 2.21. The number of hydrogen-bond donors (Lipinski definition) is 2. The Morgan fingerprint density at radius 3 is 2.58 bits per heavy atom. The normalized spacial score (nSPS) is 11.7. The molecule has 0 radical (unpaired) electrons. The number of phenols is 1. The third-order valence-corrected chi connectivity index (χ3v) is 3.50. The molecule has 0 aromatic heterocycles. The quantitative estimate of drug-likeness (QED) is 0.824. The maximum atomic E-state index is 13.1. The van der Waals surface area contributed by atoms with E-state index in [2.05, 4.69) is 5.32 Å². The number of halogens is 2. The van der Waals surface area contributed by atoms with Crippen LogP contribution in [0.25, 0.3) is 0 Å². The molecule has 5 nitrogen and oxygen atoms in total. The molecule has 0 heterocycles. The number of ether oxygens (including phenoxy) is 1. The summed E-state index contributed by atoms with van der Waals surface area (Å²) in [5.74, 6) is -2.27. The molecule has 24 heavy (non-hydrogen) atoms. The van der Waals surface area contributed by atoms with E-state index in [1.807, 2.05) is 0 Å². The van der Waals surface area contributed by atoms with Crippen LogP contribution >= 0.6 is 11.6 Å². The average molecular weight is 352 g/mol. The molecule has 0 aliphatic carbocycles. The molecule has 0 saturated carbocycles. The summed E-state index contributed by atoms with van der Waals surface area (Å²) in [6.07, 6.45) is -1.12. The monoisotopic (exact) mass is 351 g/mol. The number of amides is 1. The van der Waals surface area contributed by atoms with Crippen molar-refractivity contribution in [1.29, 1.82) is 0 Å². The summed E-state index contributed by atoms with van der Waals surface area (Å²) in [6.45, 7) is 3.14. The second-order valence-corrected chi connectivity index (χ2v) is 5.59. The van der Waals surface area contributed by atoms with Crippen LogP contribution in [0.5, 0.6) is 5.75 Å². The topological polar surface area (TPSA) is 75.6 Å². The fourth-order valence-electron chi connectivity index (χ4n) is 1.91. The van der Waals surface area contributed by atoms with Crippen LogP contribution in [-0.2, 0) is 9.53 Å². The molecule has 7 heteroatoms. The zero-order valence-electron chi connectivity index (χ0n) is 13.0. The molecule has 2 aromatic carbocycles. The Balaban J connectivity index is 2.02. The van der Waals surface area contributed by atoms with Gasteiger partial charge in [-0.25, -0.2) is 9.18 Å². The molecule has 1 atom stereocenters. The van der Waals surface area contributed by atoms with Crippen LogP contribution < -0.4 is 5.32 Å². The summed E-state index contributed by atoms with van der Waals surface area (Å²) in [4.78, 5) is 24.0. The summed E-state index contributed by atoms with van der Waals surface area (Å²) in [5, 5.41) is 12.1. The van der Waals surface area contributed by atoms with Crippen molar-refractivity contribution in [2.24, 2.45) is 0 Å². The highest BCUT2D eigenvalue weighted by Crippen LogP contribution is 2.21. The lowest BCUT2D eigenvalue weighted by molar-refractivity contribution is -0.123. The number of aromatic hydroxyl groups is 1. The average Bonchev–Trinajstić information content (AvgIpc) is 2.50. The Morgan fingerprint density at radius 1 is 1.25 bits per heavy atom. The van der Waals surface area contributed by atoms with Gasteiger partial charge < -0.3 is 15.2 Å². The highest BCUT2D eigenvalue weighted by molar-refractivity contribution is 6.31. The van der Waals surface area contributed by atoms with Gasteiger partial charge in [0.1, 0.15) is 17.1 Å². The smallest absolute Gasteiger partial charge is 0.342 e. The SMILES string of the molecule is Cc1ccc(C(=O)O[C@H](C)C(=O)Nc2ccc(F)c(Cl)c2)c(O)c1. The minimum Gasteiger partial charge on any atom is -0.507 e. The summed E-state index contributed by atoms with van der Waals surface area (Å²) in [6, 6.07) is 8.16. The van der Waals surface area contributed by atoms with Crippen molar-refractivity contribution in [2.75, 3.05) is 5.32 Å². The van der Waals surface area contributed by atoms with Crippen molar-refractivity contribution in [1.82, 2.24) is 0 Å². The molecule has 0 aliphatic heterocycles. The minimum atomic E-state index is -1.12. The van der Waals surface area contributed by atoms with Gasteiger partial charge in [0.25, 0.3) is 5.91 Å². The van der Waals surface area contributed by atoms with Gasteiger partial charge in [-0.15, -0.1) is 0 Å². The predicted octanol–water partition coefficient (Wildman–Crippen LogP) is 3.68. The van der Waals surface area contributed by atoms with Gasteiger partial charge in [0.2, 0.25) is 0 Å². The van der Waals surface area contributed by atoms with Gasteiger partial charge in [-0.05, 0) is 49.7 Å². The van der Waals surface area contributed by atoms with Gasteiger partial charge in [-0.2, -0.15) is 0 Å². The molecule has 0 saturated heterocycles. The summed E-state index contributed by atoms with van der Waals surface area (Å²) < 4.78 is 18.1. The van der Waals surface area contributed by atoms with E-state index >= 15 is 0 Å². The molecule has 0 fully saturated rings. The molecule has 0 unspecified atom stereocenters. The first-order chi connectivity index (χ1) is 11.3. The molecule has 126 valence electrons. The Kier molecular flexibility index (Phi) is 5.41. The number of nitrogens with one attached hydrogen (secondary N) is 1. The van der Waals surface area contributed by atoms with Crippen molar-refractivity contribution in [3.05, 3.63) is 58.4 Å². The number of esters is 1. The van der Waals surface area contributed by atoms with Crippen LogP contribution in [0.2, 0.25) is 5.02 Å². The highest BCUT2D eigenvalue weighted by atomic mass is 35.5. The van der Waals surface area contributed by atoms with E-state index in [-0.39, 0.29) is 22.0 Å². The number of aryl methyl sites for hydroxylation is 1. The van der Waals surface area contributed by atoms with Gasteiger partial charge in [0.05, 0.1) is 5.02 Å². The summed E-state index contributed by atoms with van der Waals surface area (Å²) in [7, 11) is 0. The zero-order chi connectivity index (χ0) is 17.9. The van der Waals surface area contributed by atoms with E-state index in [1.165, 1.54) is 31.2 Å². The summed E-state index contributed by atoms with van der Waals surface area (Å²) in [5.41, 5.74) is 1.01. The fraction of sp³-hybridized carbons (Fsp3) is 0.176. The van der Waals surface area contributed by atoms with Gasteiger partial charge in [0.15, 0.2) is 6.10 Å². The second-order valence-electron chi connectivity index (χ2n) is 5.19. The molecule has 0 spiro atoms. The molecule has 2 aromatic rings. The Hall–Kier alpha value is -2.60. The number of benzene rings is 2. The van der Waals surface area contributed by atoms with Gasteiger partial charge in [-0.3, -0.25) is 4.79 Å². The predicted molar refractivity (Wildman–Crippen MR) is 87.8 cm³/mol. The maximum Gasteiger partial charge on any atom is 0.342 e. The molecule has 1 amide bonds. The van der Waals surface area contributed by atoms with E-state index < -0.39 is 23.8 Å². The van der Waals surface area contributed by atoms with Crippen LogP contribution in [0.15, 0.2) is 36.4 Å². The van der Waals surface area contributed by atoms with Crippen LogP contribution in [0.4, 0.5) is 10.1 Å². The third-order valence-electron chi connectivity index (χ3n) is 3.21. The summed E-state index contributed by atoms with van der Waals surface area (Å²) >= 11 is 5.63. The lowest BCUT2D eigenvalue weighted by Gasteiger charge is -2.14. The molecule has 0 bridgehead atoms. The Bertz CT molecular complexity index is 794. The van der Waals surface area contributed by atoms with Crippen molar-refractivity contribution in [3.8, 4) is 5.75 Å². The fourth-order valence-corrected chi connectivity index (χ4v) is 2.09. The van der Waals surface area contributed by atoms with E-state index in [9.17, 15) is 19.1 Å². The van der Waals surface area contributed by atoms with Crippen molar-refractivity contribution in [3.63, 3.8) is 0 Å². The van der Waals surface area contributed by atoms with Crippen molar-refractivity contribution < 1.29 is 23.8 Å². The lowest BCUT2D eigenvalue weighted by atomic mass is 10.1. The van der Waals surface area contributed by atoms with Crippen LogP contribution in [0.1, 0.15) is 22.8 Å². The maximum absolute atomic E-state index is 13.1. The number of phenolic OH excluding ortho intramolecular Hbond substituents is 1. The second kappa shape index (κ2) is 7.31. The third kappa shape index (κ3) is 4.23. The first-order valence-corrected chi connectivity index (χ1v) is 7.42. The first-order valence-electron chi connectivity index (χ1n) is 7.04. The van der Waals surface area contributed by atoms with Crippen LogP contribution in [0, 0.1) is 12.7 Å². The van der Waals surface area contributed by atoms with Gasteiger partial charge >= 0.3 is 5.97 Å². The molecule has 0 aliphatic rings. The minimum absolute atomic E-state index is 0.0370. The van der Waals surface area contributed by atoms with Crippen LogP contribution in [-0.4, -0.2) is 23.1 Å². The number of carbonyl (C=O) groups excluding carboxylic acids is 2. The molecule has 2 N–H and O–H groups in total. The van der Waals surface area contributed by atoms with E-state index in [0.29, 0.717) is 0 Å². The number of hydrogen-bond acceptors (Lipinski definition) is 4. The van der Waals surface area contributed by atoms with Crippen molar-refractivity contribution in [2.45, 2.75) is 20.0 Å². The zero-order valence-corrected chi connectivity index (χ0v) is 13.7. The van der Waals surface area contributed by atoms with E-state index in [4.69, 9.17) is 16.3 Å². The number of anilines is 1. The number of rotatable bonds is 4. The standard InChI is InChI=1S/C17H15ClFNO4/c1-9-3-5-12(15(21)7-9)17(23)24-10(2)16(22)20-11-4-6-14(19)13(18)8-11/h3-8,10,21H,1-2H3,(H,20,22)/t10-/m1/s1. The van der Waals surface area contributed by atoms with E-state index in [1.54, 1.807) is 13.0 Å². The Labute approximate surface area is 143 Å². The molecule has 2 rings (SSSR count). The van der Waals surface area contributed by atoms with E-state index in [0.717, 1.165) is 11.6 Å². The molecular weight excluding hydrogens is 337 g/mol. The number of carbonyl (C=O) groups is 2. The van der Waals surface area contributed by atoms with Crippen LogP contribution in [0.3, 0.4) is 0 Å². The van der Waals surface area contributed by atoms with Crippen molar-refractivity contribution >= 4 is 29.2 Å². The largest absolute Gasteiger partial charge is 0.507 e. The van der Waals surface area contributed by atoms with Gasteiger partial charge in [-0.1, -0.05) is 17.7 Å². The first kappa shape index (κ1) is 17.7. The Morgan fingerprint density at radius 2 is 1.96 bits per heavy atom.